The van der Waals surface area contributed by atoms with Gasteiger partial charge in [-0.15, -0.1) is 0 Å². The third-order valence-electron chi connectivity index (χ3n) is 1.69. The number of hydrogen-bond acceptors (Lipinski definition) is 1. The molecule has 0 spiro atoms. The lowest BCUT2D eigenvalue weighted by atomic mass is 9.95. The Balaban J connectivity index is 3.15. The first-order valence-electron chi connectivity index (χ1n) is 3.32. The monoisotopic (exact) mass is 200 g/mol. The zero-order valence-corrected chi connectivity index (χ0v) is 6.20. The molecule has 0 fully saturated rings. The van der Waals surface area contributed by atoms with Crippen molar-refractivity contribution in [2.75, 3.05) is 6.61 Å². The third-order valence-corrected chi connectivity index (χ3v) is 1.69. The fourth-order valence-electron chi connectivity index (χ4n) is 0.971. The molecule has 1 aliphatic rings. The molecule has 6 heteroatoms. The summed E-state index contributed by atoms with van der Waals surface area (Å²) in [6, 6.07) is 0. The normalized spacial score (nSPS) is 27.5. The summed E-state index contributed by atoms with van der Waals surface area (Å²) in [6.07, 6.45) is -0.341. The number of hydrogen-bond donors (Lipinski definition) is 1. The van der Waals surface area contributed by atoms with Crippen molar-refractivity contribution in [1.29, 1.82) is 0 Å². The van der Waals surface area contributed by atoms with E-state index in [1.807, 2.05) is 0 Å². The molecule has 0 amide bonds. The second-order valence-corrected chi connectivity index (χ2v) is 2.56. The van der Waals surface area contributed by atoms with Crippen molar-refractivity contribution in [2.45, 2.75) is 5.92 Å². The van der Waals surface area contributed by atoms with E-state index in [2.05, 4.69) is 0 Å². The highest BCUT2D eigenvalue weighted by Crippen LogP contribution is 2.41. The minimum absolute atomic E-state index is 0.341. The van der Waals surface area contributed by atoms with Gasteiger partial charge in [0.1, 0.15) is 5.92 Å². The van der Waals surface area contributed by atoms with Gasteiger partial charge in [0.15, 0.2) is 17.5 Å². The summed E-state index contributed by atoms with van der Waals surface area (Å²) in [5.41, 5.74) is 0. The van der Waals surface area contributed by atoms with Crippen LogP contribution in [0, 0.1) is 5.92 Å². The van der Waals surface area contributed by atoms with Gasteiger partial charge in [0, 0.05) is 6.08 Å². The Morgan fingerprint density at radius 3 is 2.31 bits per heavy atom. The Hall–Kier alpha value is -0.910. The number of aliphatic hydroxyl groups is 1. The summed E-state index contributed by atoms with van der Waals surface area (Å²) in [6.45, 7) is -1.28. The molecule has 0 radical (unpaired) electrons. The first kappa shape index (κ1) is 10.2. The molecular weight excluding hydrogens is 195 g/mol. The number of allylic oxidation sites excluding steroid dienone is 3. The van der Waals surface area contributed by atoms with Crippen LogP contribution >= 0.6 is 0 Å². The molecule has 13 heavy (non-hydrogen) atoms. The van der Waals surface area contributed by atoms with Gasteiger partial charge in [0.2, 0.25) is 0 Å². The van der Waals surface area contributed by atoms with E-state index in [1.54, 1.807) is 0 Å². The first-order chi connectivity index (χ1) is 5.90. The van der Waals surface area contributed by atoms with E-state index in [9.17, 15) is 22.0 Å². The molecule has 1 N–H and O–H groups in total. The molecule has 0 aromatic carbocycles. The van der Waals surface area contributed by atoms with Crippen LogP contribution in [-0.2, 0) is 0 Å². The Kier molecular flexibility index (Phi) is 2.42. The number of aliphatic hydroxyl groups excluding tert-OH is 1. The summed E-state index contributed by atoms with van der Waals surface area (Å²) >= 11 is 0. The minimum atomic E-state index is -3.89. The zero-order valence-electron chi connectivity index (χ0n) is 6.20. The van der Waals surface area contributed by atoms with Crippen LogP contribution in [0.1, 0.15) is 0 Å². The van der Waals surface area contributed by atoms with E-state index < -0.39 is 35.9 Å². The lowest BCUT2D eigenvalue weighted by Gasteiger charge is -2.24. The van der Waals surface area contributed by atoms with Gasteiger partial charge in [0.05, 0.1) is 6.61 Å². The van der Waals surface area contributed by atoms with Crippen LogP contribution in [0.4, 0.5) is 22.0 Å². The molecule has 0 aromatic heterocycles. The topological polar surface area (TPSA) is 20.2 Å². The third kappa shape index (κ3) is 1.58. The van der Waals surface area contributed by atoms with Crippen molar-refractivity contribution in [3.05, 3.63) is 23.6 Å². The summed E-state index contributed by atoms with van der Waals surface area (Å²) in [5, 5.41) is 8.33. The Labute approximate surface area is 70.2 Å². The van der Waals surface area contributed by atoms with Crippen molar-refractivity contribution >= 4 is 0 Å². The van der Waals surface area contributed by atoms with Crippen LogP contribution in [0.5, 0.6) is 0 Å². The standard InChI is InChI=1S/C7H5F5O/c8-4-1-7(11,12)3(2-13)5(9)6(4)10/h1,3,13H,2H2. The largest absolute Gasteiger partial charge is 0.395 e. The van der Waals surface area contributed by atoms with Gasteiger partial charge in [-0.05, 0) is 0 Å². The maximum Gasteiger partial charge on any atom is 0.280 e. The first-order valence-corrected chi connectivity index (χ1v) is 3.32. The second-order valence-electron chi connectivity index (χ2n) is 2.56. The predicted octanol–water partition coefficient (Wildman–Crippen LogP) is 2.25. The highest BCUT2D eigenvalue weighted by Gasteiger charge is 2.46. The SMILES string of the molecule is OCC1C(F)=C(F)C(F)=CC1(F)F. The molecule has 1 rings (SSSR count). The fraction of sp³-hybridized carbons (Fsp3) is 0.429. The Morgan fingerprint density at radius 2 is 1.85 bits per heavy atom. The summed E-state index contributed by atoms with van der Waals surface area (Å²) in [7, 11) is 0. The van der Waals surface area contributed by atoms with Crippen molar-refractivity contribution in [3.63, 3.8) is 0 Å². The Morgan fingerprint density at radius 1 is 1.31 bits per heavy atom. The minimum Gasteiger partial charge on any atom is -0.395 e. The zero-order chi connectivity index (χ0) is 10.2. The molecule has 0 bridgehead atoms. The van der Waals surface area contributed by atoms with Crippen LogP contribution in [0.15, 0.2) is 23.6 Å². The molecule has 1 aliphatic carbocycles. The summed E-state index contributed by atoms with van der Waals surface area (Å²) in [5.74, 6) is -12.1. The van der Waals surface area contributed by atoms with Gasteiger partial charge in [-0.25, -0.2) is 22.0 Å². The molecule has 1 nitrogen and oxygen atoms in total. The van der Waals surface area contributed by atoms with Crippen LogP contribution in [-0.4, -0.2) is 17.6 Å². The van der Waals surface area contributed by atoms with Gasteiger partial charge >= 0.3 is 0 Å². The highest BCUT2D eigenvalue weighted by atomic mass is 19.3. The highest BCUT2D eigenvalue weighted by molar-refractivity contribution is 5.32. The van der Waals surface area contributed by atoms with Crippen LogP contribution < -0.4 is 0 Å². The van der Waals surface area contributed by atoms with Gasteiger partial charge in [-0.2, -0.15) is 0 Å². The summed E-state index contributed by atoms with van der Waals surface area (Å²) < 4.78 is 62.5. The van der Waals surface area contributed by atoms with E-state index >= 15 is 0 Å². The van der Waals surface area contributed by atoms with Crippen molar-refractivity contribution in [3.8, 4) is 0 Å². The number of halogens is 5. The summed E-state index contributed by atoms with van der Waals surface area (Å²) in [4.78, 5) is 0. The van der Waals surface area contributed by atoms with Crippen molar-refractivity contribution in [2.24, 2.45) is 5.92 Å². The fourth-order valence-corrected chi connectivity index (χ4v) is 0.971. The average Bonchev–Trinajstić information content (AvgIpc) is 2.00. The molecule has 0 aromatic rings. The molecule has 1 atom stereocenters. The van der Waals surface area contributed by atoms with E-state index in [-0.39, 0.29) is 6.08 Å². The van der Waals surface area contributed by atoms with E-state index in [1.165, 1.54) is 0 Å². The lowest BCUT2D eigenvalue weighted by Crippen LogP contribution is -2.32. The van der Waals surface area contributed by atoms with Crippen molar-refractivity contribution < 1.29 is 27.1 Å². The van der Waals surface area contributed by atoms with Crippen LogP contribution in [0.3, 0.4) is 0 Å². The molecule has 0 heterocycles. The van der Waals surface area contributed by atoms with Crippen LogP contribution in [0.2, 0.25) is 0 Å². The maximum atomic E-state index is 12.6. The van der Waals surface area contributed by atoms with E-state index in [0.29, 0.717) is 0 Å². The smallest absolute Gasteiger partial charge is 0.280 e. The van der Waals surface area contributed by atoms with Gasteiger partial charge in [-0.3, -0.25) is 0 Å². The molecule has 1 unspecified atom stereocenters. The lowest BCUT2D eigenvalue weighted by molar-refractivity contribution is -0.0306. The van der Waals surface area contributed by atoms with E-state index in [0.717, 1.165) is 0 Å². The van der Waals surface area contributed by atoms with E-state index in [4.69, 9.17) is 5.11 Å². The predicted molar refractivity (Wildman–Crippen MR) is 34.0 cm³/mol. The number of alkyl halides is 2. The average molecular weight is 200 g/mol. The number of rotatable bonds is 1. The molecule has 0 aliphatic heterocycles. The van der Waals surface area contributed by atoms with Gasteiger partial charge < -0.3 is 5.11 Å². The Bertz CT molecular complexity index is 281. The van der Waals surface area contributed by atoms with Crippen LogP contribution in [0.25, 0.3) is 0 Å². The van der Waals surface area contributed by atoms with Gasteiger partial charge in [-0.1, -0.05) is 0 Å². The molecule has 74 valence electrons. The van der Waals surface area contributed by atoms with Gasteiger partial charge in [0.25, 0.3) is 5.92 Å². The quantitative estimate of drug-likeness (QED) is 0.643. The van der Waals surface area contributed by atoms with Crippen molar-refractivity contribution in [1.82, 2.24) is 0 Å². The molecular formula is C7H5F5O. The molecule has 0 saturated heterocycles. The molecule has 0 saturated carbocycles. The second kappa shape index (κ2) is 3.10. The maximum absolute atomic E-state index is 12.6.